The summed E-state index contributed by atoms with van der Waals surface area (Å²) in [5, 5.41) is 31.4. The normalized spacial score (nSPS) is 20.4. The minimum atomic E-state index is -2.79. The van der Waals surface area contributed by atoms with Crippen LogP contribution in [0, 0.1) is 23.1 Å². The summed E-state index contributed by atoms with van der Waals surface area (Å²) in [5.41, 5.74) is -0.214. The summed E-state index contributed by atoms with van der Waals surface area (Å²) in [7, 11) is -1.90. The van der Waals surface area contributed by atoms with Gasteiger partial charge in [-0.3, -0.25) is 9.69 Å². The second kappa shape index (κ2) is 14.7. The molecule has 3 unspecified atom stereocenters. The highest BCUT2D eigenvalue weighted by molar-refractivity contribution is 6.43. The molecule has 0 aromatic heterocycles. The van der Waals surface area contributed by atoms with Gasteiger partial charge in [-0.25, -0.2) is 18.0 Å². The molecule has 0 bridgehead atoms. The first-order chi connectivity index (χ1) is 18.8. The van der Waals surface area contributed by atoms with Gasteiger partial charge in [-0.2, -0.15) is 5.26 Å². The van der Waals surface area contributed by atoms with E-state index in [1.54, 1.807) is 18.7 Å². The van der Waals surface area contributed by atoms with E-state index < -0.39 is 60.9 Å². The highest BCUT2D eigenvalue weighted by Gasteiger charge is 2.45. The third kappa shape index (κ3) is 9.68. The Morgan fingerprint density at radius 3 is 2.45 bits per heavy atom. The smallest absolute Gasteiger partial charge is 0.444 e. The highest BCUT2D eigenvalue weighted by atomic mass is 19.3. The quantitative estimate of drug-likeness (QED) is 0.391. The van der Waals surface area contributed by atoms with Crippen LogP contribution in [-0.2, 0) is 16.0 Å². The van der Waals surface area contributed by atoms with Crippen molar-refractivity contribution in [1.82, 2.24) is 15.1 Å². The number of rotatable bonds is 9. The van der Waals surface area contributed by atoms with E-state index >= 15 is 0 Å². The Bertz CT molecular complexity index is 1020. The lowest BCUT2D eigenvalue weighted by Crippen LogP contribution is -2.51. The molecule has 0 spiro atoms. The molecular formula is C27H40BF3N4O5. The molecule has 2 amide bonds. The lowest BCUT2D eigenvalue weighted by Gasteiger charge is -2.38. The summed E-state index contributed by atoms with van der Waals surface area (Å²) in [4.78, 5) is 28.7. The number of nitrogens with zero attached hydrogens (tertiary/aromatic N) is 3. The number of halogens is 3. The number of likely N-dealkylation sites (tertiary alicyclic amines) is 2. The second-order valence-electron chi connectivity index (χ2n) is 10.7. The predicted molar refractivity (Wildman–Crippen MR) is 144 cm³/mol. The number of carbonyl (C=O) groups is 2. The van der Waals surface area contributed by atoms with Crippen LogP contribution in [0.1, 0.15) is 58.9 Å². The summed E-state index contributed by atoms with van der Waals surface area (Å²) >= 11 is 0. The van der Waals surface area contributed by atoms with Crippen LogP contribution in [0.3, 0.4) is 0 Å². The Kier molecular flexibility index (Phi) is 12.3. The number of ether oxygens (including phenoxy) is 1. The molecule has 3 atom stereocenters. The van der Waals surface area contributed by atoms with E-state index in [9.17, 15) is 38.1 Å². The molecule has 3 rings (SSSR count). The number of amides is 2. The van der Waals surface area contributed by atoms with Gasteiger partial charge in [0.25, 0.3) is 5.92 Å². The summed E-state index contributed by atoms with van der Waals surface area (Å²) < 4.78 is 46.0. The third-order valence-electron chi connectivity index (χ3n) is 7.18. The van der Waals surface area contributed by atoms with E-state index in [0.29, 0.717) is 24.9 Å². The number of alkyl halides is 2. The third-order valence-corrected chi connectivity index (χ3v) is 7.18. The Morgan fingerprint density at radius 2 is 1.90 bits per heavy atom. The highest BCUT2D eigenvalue weighted by Crippen LogP contribution is 2.35. The van der Waals surface area contributed by atoms with E-state index in [2.05, 4.69) is 5.32 Å². The molecule has 1 aromatic rings. The fraction of sp³-hybridized carbons (Fsp3) is 0.667. The number of alkyl carbamates (subject to hydrolysis) is 1. The molecule has 40 heavy (non-hydrogen) atoms. The SMILES string of the molecule is CC.CC(C)(CC(C#N)C(=O)N1CCCC(OC(=O)NC(Cc2ccc(F)cc2)B(O)O)C1)N1CCC(F)(F)C1. The van der Waals surface area contributed by atoms with E-state index in [4.69, 9.17) is 4.74 Å². The van der Waals surface area contributed by atoms with Crippen molar-refractivity contribution < 1.29 is 37.5 Å². The minimum Gasteiger partial charge on any atom is -0.444 e. The Hall–Kier alpha value is -2.82. The van der Waals surface area contributed by atoms with Crippen molar-refractivity contribution in [3.8, 4) is 6.07 Å². The molecular weight excluding hydrogens is 528 g/mol. The van der Waals surface area contributed by atoms with Crippen molar-refractivity contribution in [2.75, 3.05) is 26.2 Å². The Morgan fingerprint density at radius 1 is 1.25 bits per heavy atom. The molecule has 9 nitrogen and oxygen atoms in total. The number of nitriles is 1. The molecule has 0 aliphatic carbocycles. The van der Waals surface area contributed by atoms with Gasteiger partial charge in [-0.05, 0) is 57.2 Å². The van der Waals surface area contributed by atoms with Crippen LogP contribution in [0.15, 0.2) is 24.3 Å². The standard InChI is InChI=1S/C25H34BF3N4O5.C2H6/c1-24(2,33-11-9-25(28,29)16-33)13-18(14-30)22(34)32-10-3-4-20(15-32)38-23(35)31-21(26(36)37)12-17-5-7-19(27)8-6-17;1-2/h5-8,18,20-21,36-37H,3-4,9-13,15-16H2,1-2H3,(H,31,35);1-2H3. The van der Waals surface area contributed by atoms with Gasteiger partial charge in [0, 0.05) is 25.0 Å². The zero-order valence-corrected chi connectivity index (χ0v) is 23.6. The van der Waals surface area contributed by atoms with Crippen LogP contribution in [0.2, 0.25) is 0 Å². The van der Waals surface area contributed by atoms with Crippen LogP contribution in [0.4, 0.5) is 18.0 Å². The number of hydrogen-bond donors (Lipinski definition) is 3. The van der Waals surface area contributed by atoms with Crippen LogP contribution >= 0.6 is 0 Å². The molecule has 1 aromatic carbocycles. The maximum absolute atomic E-state index is 13.7. The van der Waals surface area contributed by atoms with E-state index in [0.717, 1.165) is 0 Å². The fourth-order valence-corrected chi connectivity index (χ4v) is 4.97. The molecule has 222 valence electrons. The molecule has 2 saturated heterocycles. The molecule has 0 radical (unpaired) electrons. The summed E-state index contributed by atoms with van der Waals surface area (Å²) in [6.45, 7) is 7.69. The lowest BCUT2D eigenvalue weighted by molar-refractivity contribution is -0.138. The molecule has 13 heteroatoms. The van der Waals surface area contributed by atoms with Crippen molar-refractivity contribution in [1.29, 1.82) is 5.26 Å². The first-order valence-corrected chi connectivity index (χ1v) is 13.7. The fourth-order valence-electron chi connectivity index (χ4n) is 4.97. The van der Waals surface area contributed by atoms with Crippen LogP contribution in [0.5, 0.6) is 0 Å². The van der Waals surface area contributed by atoms with Gasteiger partial charge >= 0.3 is 13.2 Å². The van der Waals surface area contributed by atoms with E-state index in [-0.39, 0.29) is 32.4 Å². The Labute approximate surface area is 234 Å². The minimum absolute atomic E-state index is 0.0188. The van der Waals surface area contributed by atoms with Gasteiger partial charge in [0.15, 0.2) is 0 Å². The molecule has 2 heterocycles. The number of hydrogen-bond acceptors (Lipinski definition) is 7. The molecule has 2 aliphatic rings. The Balaban J connectivity index is 0.00000274. The van der Waals surface area contributed by atoms with Gasteiger partial charge in [0.1, 0.15) is 17.8 Å². The maximum Gasteiger partial charge on any atom is 0.475 e. The van der Waals surface area contributed by atoms with Gasteiger partial charge in [-0.1, -0.05) is 26.0 Å². The summed E-state index contributed by atoms with van der Waals surface area (Å²) in [6, 6.07) is 7.38. The predicted octanol–water partition coefficient (Wildman–Crippen LogP) is 3.14. The van der Waals surface area contributed by atoms with Crippen molar-refractivity contribution in [2.24, 2.45) is 5.92 Å². The van der Waals surface area contributed by atoms with Crippen LogP contribution in [-0.4, -0.2) is 88.7 Å². The van der Waals surface area contributed by atoms with Crippen molar-refractivity contribution >= 4 is 19.1 Å². The lowest BCUT2D eigenvalue weighted by atomic mass is 9.76. The maximum atomic E-state index is 13.7. The molecule has 2 aliphatic heterocycles. The molecule has 2 fully saturated rings. The number of nitrogens with one attached hydrogen (secondary N) is 1. The first kappa shape index (κ1) is 33.4. The van der Waals surface area contributed by atoms with E-state index in [1.807, 2.05) is 19.9 Å². The van der Waals surface area contributed by atoms with Crippen molar-refractivity contribution in [3.63, 3.8) is 0 Å². The van der Waals surface area contributed by atoms with Crippen LogP contribution in [0.25, 0.3) is 0 Å². The second-order valence-corrected chi connectivity index (χ2v) is 10.7. The monoisotopic (exact) mass is 568 g/mol. The number of piperidine rings is 1. The topological polar surface area (TPSA) is 126 Å². The molecule has 3 N–H and O–H groups in total. The average molecular weight is 568 g/mol. The van der Waals surface area contributed by atoms with Gasteiger partial charge in [0.2, 0.25) is 5.91 Å². The summed E-state index contributed by atoms with van der Waals surface area (Å²) in [5.74, 6) is -5.83. The summed E-state index contributed by atoms with van der Waals surface area (Å²) in [6.07, 6.45) is -0.756. The van der Waals surface area contributed by atoms with Gasteiger partial charge in [-0.15, -0.1) is 0 Å². The zero-order valence-electron chi connectivity index (χ0n) is 23.6. The first-order valence-electron chi connectivity index (χ1n) is 13.7. The van der Waals surface area contributed by atoms with Gasteiger partial charge < -0.3 is 25.0 Å². The van der Waals surface area contributed by atoms with Crippen molar-refractivity contribution in [2.45, 2.75) is 83.3 Å². The zero-order chi connectivity index (χ0) is 30.1. The van der Waals surface area contributed by atoms with Gasteiger partial charge in [0.05, 0.1) is 25.1 Å². The number of carbonyl (C=O) groups excluding carboxylic acids is 2. The van der Waals surface area contributed by atoms with E-state index in [1.165, 1.54) is 29.2 Å². The number of benzene rings is 1. The molecule has 0 saturated carbocycles. The average Bonchev–Trinajstić information content (AvgIpc) is 3.29. The largest absolute Gasteiger partial charge is 0.475 e. The van der Waals surface area contributed by atoms with Crippen LogP contribution < -0.4 is 5.32 Å². The van der Waals surface area contributed by atoms with Crippen molar-refractivity contribution in [3.05, 3.63) is 35.6 Å².